The second-order valence-corrected chi connectivity index (χ2v) is 11.9. The zero-order valence-corrected chi connectivity index (χ0v) is 23.9. The lowest BCUT2D eigenvalue weighted by molar-refractivity contribution is -0.133. The van der Waals surface area contributed by atoms with Crippen LogP contribution >= 0.6 is 0 Å². The molecular weight excluding hydrogens is 538 g/mol. The van der Waals surface area contributed by atoms with Crippen LogP contribution in [0, 0.1) is 5.92 Å². The molecule has 1 amide bonds. The Balaban J connectivity index is 1.12. The van der Waals surface area contributed by atoms with E-state index in [-0.39, 0.29) is 0 Å². The number of hydrogen-bond donors (Lipinski definition) is 2. The van der Waals surface area contributed by atoms with Crippen molar-refractivity contribution in [1.82, 2.24) is 39.7 Å². The summed E-state index contributed by atoms with van der Waals surface area (Å²) < 4.78 is 2.08. The monoisotopic (exact) mass is 571 g/mol. The molecule has 4 aromatic heterocycles. The third kappa shape index (κ3) is 4.81. The Bertz CT molecular complexity index is 1820. The third-order valence-corrected chi connectivity index (χ3v) is 9.04. The minimum atomic E-state index is 0.303. The minimum absolute atomic E-state index is 0.303. The highest BCUT2D eigenvalue weighted by molar-refractivity contribution is 5.84. The van der Waals surface area contributed by atoms with Gasteiger partial charge < -0.3 is 16.0 Å². The van der Waals surface area contributed by atoms with Crippen LogP contribution in [0.3, 0.4) is 0 Å². The number of aromatic nitrogens is 6. The molecule has 0 unspecified atom stereocenters. The first-order chi connectivity index (χ1) is 21.1. The second-order valence-electron chi connectivity index (χ2n) is 11.9. The number of carbonyl (C=O) groups is 1. The zero-order chi connectivity index (χ0) is 28.9. The standard InChI is InChI=1S/C33H33N9O/c34-30-25(2-1-13-37-30)31-40-28-10-9-27(29-19-35-14-15-36-29)39-32(28)42(31)23-6-7-24-21(18-23)5-8-26(24)38-22-11-16-41(17-12-22)33(43)20-3-4-20/h1-2,6-7,9-10,13-15,18-20,22,26,38H,3-5,8,11-12,16-17H2,(H2,34,37)/t26-/m0/s1. The van der Waals surface area contributed by atoms with Crippen LogP contribution < -0.4 is 11.1 Å². The number of pyridine rings is 2. The van der Waals surface area contributed by atoms with Crippen LogP contribution in [0.25, 0.3) is 39.6 Å². The normalized spacial score (nSPS) is 18.7. The van der Waals surface area contributed by atoms with Crippen molar-refractivity contribution < 1.29 is 4.79 Å². The average Bonchev–Trinajstić information content (AvgIpc) is 3.73. The summed E-state index contributed by atoms with van der Waals surface area (Å²) in [6.07, 6.45) is 12.9. The number of carbonyl (C=O) groups excluding carboxylic acids is 1. The minimum Gasteiger partial charge on any atom is -0.383 e. The number of hydrogen-bond acceptors (Lipinski definition) is 8. The lowest BCUT2D eigenvalue weighted by atomic mass is 10.0. The Hall–Kier alpha value is -4.70. The molecular formula is C33H33N9O. The number of nitrogens with one attached hydrogen (secondary N) is 1. The molecule has 3 N–H and O–H groups in total. The summed E-state index contributed by atoms with van der Waals surface area (Å²) in [5.41, 5.74) is 13.7. The summed E-state index contributed by atoms with van der Waals surface area (Å²) in [6.45, 7) is 1.73. The molecule has 0 radical (unpaired) electrons. The van der Waals surface area contributed by atoms with Gasteiger partial charge in [-0.1, -0.05) is 6.07 Å². The highest BCUT2D eigenvalue weighted by atomic mass is 16.2. The van der Waals surface area contributed by atoms with E-state index in [1.165, 1.54) is 11.1 Å². The molecule has 1 saturated heterocycles. The van der Waals surface area contributed by atoms with Crippen LogP contribution in [-0.2, 0) is 11.2 Å². The van der Waals surface area contributed by atoms with E-state index in [1.807, 2.05) is 24.3 Å². The molecule has 10 nitrogen and oxygen atoms in total. The topological polar surface area (TPSA) is 128 Å². The number of fused-ring (bicyclic) bond motifs is 2. The van der Waals surface area contributed by atoms with Crippen molar-refractivity contribution in [1.29, 1.82) is 0 Å². The van der Waals surface area contributed by atoms with Gasteiger partial charge in [-0.15, -0.1) is 0 Å². The fraction of sp³-hybridized carbons (Fsp3) is 0.333. The molecule has 2 aliphatic carbocycles. The molecule has 0 bridgehead atoms. The zero-order valence-electron chi connectivity index (χ0n) is 23.9. The molecule has 5 aromatic rings. The van der Waals surface area contributed by atoms with Gasteiger partial charge in [-0.25, -0.2) is 15.0 Å². The molecule has 1 atom stereocenters. The highest BCUT2D eigenvalue weighted by Gasteiger charge is 2.35. The van der Waals surface area contributed by atoms with Gasteiger partial charge in [0.15, 0.2) is 11.5 Å². The van der Waals surface area contributed by atoms with E-state index >= 15 is 0 Å². The Morgan fingerprint density at radius 2 is 1.79 bits per heavy atom. The maximum Gasteiger partial charge on any atom is 0.225 e. The van der Waals surface area contributed by atoms with Crippen LogP contribution in [0.4, 0.5) is 5.82 Å². The Morgan fingerprint density at radius 3 is 2.58 bits per heavy atom. The predicted octanol–water partition coefficient (Wildman–Crippen LogP) is 4.50. The summed E-state index contributed by atoms with van der Waals surface area (Å²) in [4.78, 5) is 37.6. The number of aryl methyl sites for hydroxylation is 1. The molecule has 1 saturated carbocycles. The molecule has 216 valence electrons. The van der Waals surface area contributed by atoms with Crippen molar-refractivity contribution in [2.45, 2.75) is 50.6 Å². The van der Waals surface area contributed by atoms with Gasteiger partial charge in [0.2, 0.25) is 5.91 Å². The summed E-state index contributed by atoms with van der Waals surface area (Å²) >= 11 is 0. The SMILES string of the molecule is Nc1ncccc1-c1nc2ccc(-c3cnccn3)nc2n1-c1ccc2c(c1)CC[C@@H]2NC1CCN(C(=O)C2CC2)CC1. The summed E-state index contributed by atoms with van der Waals surface area (Å²) in [7, 11) is 0. The number of anilines is 1. The molecule has 43 heavy (non-hydrogen) atoms. The van der Waals surface area contributed by atoms with E-state index in [0.717, 1.165) is 79.7 Å². The number of piperidine rings is 1. The summed E-state index contributed by atoms with van der Waals surface area (Å²) in [5.74, 6) is 1.79. The largest absolute Gasteiger partial charge is 0.383 e. The van der Waals surface area contributed by atoms with Crippen LogP contribution in [0.15, 0.2) is 67.3 Å². The van der Waals surface area contributed by atoms with Gasteiger partial charge >= 0.3 is 0 Å². The number of nitrogens with two attached hydrogens (primary N) is 1. The molecule has 1 aliphatic heterocycles. The quantitative estimate of drug-likeness (QED) is 0.305. The van der Waals surface area contributed by atoms with Crippen molar-refractivity contribution in [3.8, 4) is 28.5 Å². The van der Waals surface area contributed by atoms with Crippen molar-refractivity contribution in [3.05, 3.63) is 78.4 Å². The van der Waals surface area contributed by atoms with Crippen LogP contribution in [0.2, 0.25) is 0 Å². The third-order valence-electron chi connectivity index (χ3n) is 9.04. The molecule has 1 aromatic carbocycles. The van der Waals surface area contributed by atoms with Gasteiger partial charge in [0.25, 0.3) is 0 Å². The summed E-state index contributed by atoms with van der Waals surface area (Å²) in [5, 5.41) is 3.93. The van der Waals surface area contributed by atoms with Crippen molar-refractivity contribution in [2.24, 2.45) is 5.92 Å². The van der Waals surface area contributed by atoms with Gasteiger partial charge in [-0.05, 0) is 86.1 Å². The first kappa shape index (κ1) is 26.0. The molecule has 3 aliphatic rings. The first-order valence-electron chi connectivity index (χ1n) is 15.2. The fourth-order valence-electron chi connectivity index (χ4n) is 6.62. The van der Waals surface area contributed by atoms with Crippen molar-refractivity contribution in [3.63, 3.8) is 0 Å². The average molecular weight is 572 g/mol. The molecule has 0 spiro atoms. The number of imidazole rings is 1. The van der Waals surface area contributed by atoms with Gasteiger partial charge in [-0.3, -0.25) is 19.3 Å². The lowest BCUT2D eigenvalue weighted by Crippen LogP contribution is -2.46. The van der Waals surface area contributed by atoms with E-state index in [4.69, 9.17) is 15.7 Å². The number of nitrogens with zero attached hydrogens (tertiary/aromatic N) is 7. The smallest absolute Gasteiger partial charge is 0.225 e. The number of likely N-dealkylation sites (tertiary alicyclic amines) is 1. The first-order valence-corrected chi connectivity index (χ1v) is 15.2. The van der Waals surface area contributed by atoms with Crippen molar-refractivity contribution in [2.75, 3.05) is 18.8 Å². The Morgan fingerprint density at radius 1 is 0.907 bits per heavy atom. The van der Waals surface area contributed by atoms with E-state index in [9.17, 15) is 4.79 Å². The number of rotatable bonds is 6. The molecule has 2 fully saturated rings. The molecule has 10 heteroatoms. The van der Waals surface area contributed by atoms with Gasteiger partial charge in [0.05, 0.1) is 17.5 Å². The highest BCUT2D eigenvalue weighted by Crippen LogP contribution is 2.37. The Labute approximate surface area is 249 Å². The van der Waals surface area contributed by atoms with Gasteiger partial charge in [-0.2, -0.15) is 0 Å². The van der Waals surface area contributed by atoms with Crippen LogP contribution in [0.5, 0.6) is 0 Å². The van der Waals surface area contributed by atoms with E-state index < -0.39 is 0 Å². The fourth-order valence-corrected chi connectivity index (χ4v) is 6.62. The molecule has 5 heterocycles. The van der Waals surface area contributed by atoms with E-state index in [0.29, 0.717) is 41.2 Å². The van der Waals surface area contributed by atoms with Gasteiger partial charge in [0.1, 0.15) is 17.0 Å². The molecule has 8 rings (SSSR count). The number of nitrogen functional groups attached to an aromatic ring is 1. The van der Waals surface area contributed by atoms with E-state index in [2.05, 4.69) is 47.9 Å². The van der Waals surface area contributed by atoms with Crippen molar-refractivity contribution >= 4 is 22.9 Å². The van der Waals surface area contributed by atoms with Crippen LogP contribution in [0.1, 0.15) is 49.3 Å². The Kier molecular flexibility index (Phi) is 6.36. The second kappa shape index (κ2) is 10.5. The maximum atomic E-state index is 12.5. The lowest BCUT2D eigenvalue weighted by Gasteiger charge is -2.34. The van der Waals surface area contributed by atoms with E-state index in [1.54, 1.807) is 24.8 Å². The van der Waals surface area contributed by atoms with Crippen LogP contribution in [-0.4, -0.2) is 59.4 Å². The number of amides is 1. The number of benzene rings is 1. The maximum absolute atomic E-state index is 12.5. The summed E-state index contributed by atoms with van der Waals surface area (Å²) in [6, 6.07) is 15.1. The predicted molar refractivity (Wildman–Crippen MR) is 164 cm³/mol. The van der Waals surface area contributed by atoms with Gasteiger partial charge in [0, 0.05) is 55.4 Å².